The second kappa shape index (κ2) is 7.36. The molecule has 104 valence electrons. The zero-order valence-corrected chi connectivity index (χ0v) is 11.1. The molecular weight excluding hydrogens is 232 g/mol. The zero-order chi connectivity index (χ0) is 13.5. The molecule has 5 nitrogen and oxygen atoms in total. The number of amides is 1. The van der Waals surface area contributed by atoms with Crippen molar-refractivity contribution in [1.82, 2.24) is 4.90 Å². The predicted molar refractivity (Wildman–Crippen MR) is 69.1 cm³/mol. The highest BCUT2D eigenvalue weighted by Gasteiger charge is 2.29. The van der Waals surface area contributed by atoms with Gasteiger partial charge in [-0.1, -0.05) is 26.2 Å². The number of nitrogens with two attached hydrogens (primary N) is 1. The van der Waals surface area contributed by atoms with Gasteiger partial charge >= 0.3 is 5.97 Å². The summed E-state index contributed by atoms with van der Waals surface area (Å²) in [7, 11) is 0. The highest BCUT2D eigenvalue weighted by molar-refractivity contribution is 5.81. The normalized spacial score (nSPS) is 17.7. The van der Waals surface area contributed by atoms with E-state index in [1.807, 2.05) is 6.92 Å². The fraction of sp³-hybridized carbons (Fsp3) is 0.846. The van der Waals surface area contributed by atoms with Crippen LogP contribution in [0.25, 0.3) is 0 Å². The molecule has 1 rings (SSSR count). The first-order valence-corrected chi connectivity index (χ1v) is 6.79. The number of carboxylic acids is 1. The summed E-state index contributed by atoms with van der Waals surface area (Å²) in [6, 6.07) is 0.115. The Bertz CT molecular complexity index is 284. The maximum atomic E-state index is 12.2. The molecule has 0 saturated heterocycles. The van der Waals surface area contributed by atoms with E-state index in [4.69, 9.17) is 10.8 Å². The molecule has 0 bridgehead atoms. The smallest absolute Gasteiger partial charge is 0.323 e. The van der Waals surface area contributed by atoms with Crippen molar-refractivity contribution in [2.75, 3.05) is 13.1 Å². The molecule has 0 aromatic heterocycles. The molecule has 0 aromatic rings. The Morgan fingerprint density at radius 2 is 2.00 bits per heavy atom. The van der Waals surface area contributed by atoms with Crippen molar-refractivity contribution in [3.63, 3.8) is 0 Å². The molecule has 1 amide bonds. The van der Waals surface area contributed by atoms with Gasteiger partial charge in [-0.3, -0.25) is 9.59 Å². The Morgan fingerprint density at radius 3 is 2.44 bits per heavy atom. The number of nitrogens with zero attached hydrogens (tertiary/aromatic N) is 1. The first-order valence-electron chi connectivity index (χ1n) is 6.79. The van der Waals surface area contributed by atoms with E-state index in [-0.39, 0.29) is 24.4 Å². The maximum absolute atomic E-state index is 12.2. The van der Waals surface area contributed by atoms with Crippen molar-refractivity contribution in [2.45, 2.75) is 51.5 Å². The SMILES string of the molecule is CCC(CN)CC(=O)N(CC(=O)O)C1CCCC1. The Labute approximate surface area is 108 Å². The average molecular weight is 256 g/mol. The highest BCUT2D eigenvalue weighted by atomic mass is 16.4. The van der Waals surface area contributed by atoms with Crippen LogP contribution in [0.15, 0.2) is 0 Å². The molecule has 1 aliphatic carbocycles. The van der Waals surface area contributed by atoms with E-state index in [2.05, 4.69) is 0 Å². The molecule has 3 N–H and O–H groups in total. The van der Waals surface area contributed by atoms with Gasteiger partial charge in [0, 0.05) is 12.5 Å². The fourth-order valence-electron chi connectivity index (χ4n) is 2.54. The minimum Gasteiger partial charge on any atom is -0.480 e. The molecule has 1 unspecified atom stereocenters. The molecule has 0 spiro atoms. The van der Waals surface area contributed by atoms with Crippen LogP contribution in [0.1, 0.15) is 45.4 Å². The first kappa shape index (κ1) is 15.0. The number of carbonyl (C=O) groups is 2. The minimum atomic E-state index is -0.934. The number of hydrogen-bond donors (Lipinski definition) is 2. The molecule has 0 aromatic carbocycles. The zero-order valence-electron chi connectivity index (χ0n) is 11.1. The van der Waals surface area contributed by atoms with Crippen LogP contribution in [0.5, 0.6) is 0 Å². The van der Waals surface area contributed by atoms with Crippen LogP contribution in [0, 0.1) is 5.92 Å². The van der Waals surface area contributed by atoms with E-state index in [9.17, 15) is 9.59 Å². The van der Waals surface area contributed by atoms with Gasteiger partial charge < -0.3 is 15.7 Å². The Hall–Kier alpha value is -1.10. The van der Waals surface area contributed by atoms with E-state index in [0.29, 0.717) is 13.0 Å². The third-order valence-corrected chi connectivity index (χ3v) is 3.77. The topological polar surface area (TPSA) is 83.6 Å². The van der Waals surface area contributed by atoms with Crippen LogP contribution >= 0.6 is 0 Å². The molecular formula is C13H24N2O3. The minimum absolute atomic E-state index is 0.0541. The molecule has 0 aliphatic heterocycles. The van der Waals surface area contributed by atoms with Gasteiger partial charge in [0.1, 0.15) is 6.54 Å². The Balaban J connectivity index is 2.62. The van der Waals surface area contributed by atoms with Gasteiger partial charge in [0.25, 0.3) is 0 Å². The van der Waals surface area contributed by atoms with Crippen LogP contribution in [-0.4, -0.2) is 41.0 Å². The first-order chi connectivity index (χ1) is 8.58. The summed E-state index contributed by atoms with van der Waals surface area (Å²) in [5.74, 6) is -0.826. The van der Waals surface area contributed by atoms with Crippen molar-refractivity contribution in [2.24, 2.45) is 11.7 Å². The third-order valence-electron chi connectivity index (χ3n) is 3.77. The van der Waals surface area contributed by atoms with Crippen LogP contribution in [-0.2, 0) is 9.59 Å². The molecule has 5 heteroatoms. The number of carbonyl (C=O) groups excluding carboxylic acids is 1. The standard InChI is InChI=1S/C13H24N2O3/c1-2-10(8-14)7-12(16)15(9-13(17)18)11-5-3-4-6-11/h10-11H,2-9,14H2,1H3,(H,17,18). The summed E-state index contributed by atoms with van der Waals surface area (Å²) >= 11 is 0. The van der Waals surface area contributed by atoms with Crippen molar-refractivity contribution in [3.8, 4) is 0 Å². The van der Waals surface area contributed by atoms with Gasteiger partial charge in [-0.2, -0.15) is 0 Å². The quantitative estimate of drug-likeness (QED) is 0.717. The van der Waals surface area contributed by atoms with Gasteiger partial charge in [0.2, 0.25) is 5.91 Å². The Morgan fingerprint density at radius 1 is 1.39 bits per heavy atom. The van der Waals surface area contributed by atoms with Gasteiger partial charge in [-0.25, -0.2) is 0 Å². The van der Waals surface area contributed by atoms with Gasteiger partial charge in [-0.05, 0) is 25.3 Å². The van der Waals surface area contributed by atoms with Crippen molar-refractivity contribution in [1.29, 1.82) is 0 Å². The predicted octanol–water partition coefficient (Wildman–Crippen LogP) is 1.22. The van der Waals surface area contributed by atoms with E-state index in [1.165, 1.54) is 0 Å². The van der Waals surface area contributed by atoms with Crippen molar-refractivity contribution in [3.05, 3.63) is 0 Å². The lowest BCUT2D eigenvalue weighted by molar-refractivity contribution is -0.146. The van der Waals surface area contributed by atoms with E-state index in [0.717, 1.165) is 32.1 Å². The van der Waals surface area contributed by atoms with Crippen LogP contribution in [0.2, 0.25) is 0 Å². The summed E-state index contributed by atoms with van der Waals surface area (Å²) in [5, 5.41) is 8.92. The third kappa shape index (κ3) is 4.29. The average Bonchev–Trinajstić information content (AvgIpc) is 2.86. The summed E-state index contributed by atoms with van der Waals surface area (Å²) in [5.41, 5.74) is 5.60. The number of rotatable bonds is 7. The Kier molecular flexibility index (Phi) is 6.12. The number of carboxylic acid groups (broad SMARTS) is 1. The highest BCUT2D eigenvalue weighted by Crippen LogP contribution is 2.24. The molecule has 1 fully saturated rings. The molecule has 1 saturated carbocycles. The number of aliphatic carboxylic acids is 1. The van der Waals surface area contributed by atoms with Crippen LogP contribution < -0.4 is 5.73 Å². The van der Waals surface area contributed by atoms with Crippen molar-refractivity contribution >= 4 is 11.9 Å². The monoisotopic (exact) mass is 256 g/mol. The van der Waals surface area contributed by atoms with Crippen LogP contribution in [0.4, 0.5) is 0 Å². The van der Waals surface area contributed by atoms with Gasteiger partial charge in [0.05, 0.1) is 0 Å². The summed E-state index contributed by atoms with van der Waals surface area (Å²) in [6.45, 7) is 2.31. The van der Waals surface area contributed by atoms with E-state index >= 15 is 0 Å². The summed E-state index contributed by atoms with van der Waals surface area (Å²) in [4.78, 5) is 24.6. The van der Waals surface area contributed by atoms with E-state index in [1.54, 1.807) is 4.90 Å². The fourth-order valence-corrected chi connectivity index (χ4v) is 2.54. The van der Waals surface area contributed by atoms with Crippen molar-refractivity contribution < 1.29 is 14.7 Å². The summed E-state index contributed by atoms with van der Waals surface area (Å²) in [6.07, 6.45) is 5.26. The summed E-state index contributed by atoms with van der Waals surface area (Å²) < 4.78 is 0. The molecule has 18 heavy (non-hydrogen) atoms. The largest absolute Gasteiger partial charge is 0.480 e. The lowest BCUT2D eigenvalue weighted by Gasteiger charge is -2.28. The molecule has 1 aliphatic rings. The second-order valence-corrected chi connectivity index (χ2v) is 5.07. The molecule has 1 atom stereocenters. The van der Waals surface area contributed by atoms with Gasteiger partial charge in [0.15, 0.2) is 0 Å². The maximum Gasteiger partial charge on any atom is 0.323 e. The van der Waals surface area contributed by atoms with Crippen LogP contribution in [0.3, 0.4) is 0 Å². The van der Waals surface area contributed by atoms with E-state index < -0.39 is 5.97 Å². The second-order valence-electron chi connectivity index (χ2n) is 5.07. The lowest BCUT2D eigenvalue weighted by atomic mass is 10.0. The molecule has 0 heterocycles. The van der Waals surface area contributed by atoms with Gasteiger partial charge in [-0.15, -0.1) is 0 Å². The lowest BCUT2D eigenvalue weighted by Crippen LogP contribution is -2.43. The molecule has 0 radical (unpaired) electrons. The number of hydrogen-bond acceptors (Lipinski definition) is 3.